The molecule has 27 heavy (non-hydrogen) atoms. The molecule has 146 valence electrons. The molecular formula is C23H30FNO2. The third-order valence-electron chi connectivity index (χ3n) is 5.07. The van der Waals surface area contributed by atoms with Gasteiger partial charge in [-0.05, 0) is 53.8 Å². The van der Waals surface area contributed by atoms with Gasteiger partial charge in [-0.1, -0.05) is 32.0 Å². The Kier molecular flexibility index (Phi) is 6.86. The van der Waals surface area contributed by atoms with Crippen LogP contribution < -0.4 is 4.74 Å². The maximum absolute atomic E-state index is 13.4. The van der Waals surface area contributed by atoms with E-state index in [1.54, 1.807) is 0 Å². The Labute approximate surface area is 162 Å². The molecule has 3 nitrogen and oxygen atoms in total. The molecule has 0 saturated carbocycles. The Bertz CT molecular complexity index is 724. The number of benzene rings is 2. The summed E-state index contributed by atoms with van der Waals surface area (Å²) in [6, 6.07) is 13.1. The van der Waals surface area contributed by atoms with Gasteiger partial charge in [-0.2, -0.15) is 0 Å². The second-order valence-electron chi connectivity index (χ2n) is 7.63. The average molecular weight is 371 g/mol. The molecule has 0 amide bonds. The lowest BCUT2D eigenvalue weighted by molar-refractivity contribution is 0.0317. The quantitative estimate of drug-likeness (QED) is 0.676. The highest BCUT2D eigenvalue weighted by Gasteiger charge is 2.18. The van der Waals surface area contributed by atoms with Crippen LogP contribution in [-0.2, 0) is 4.74 Å². The van der Waals surface area contributed by atoms with E-state index in [9.17, 15) is 4.39 Å². The molecule has 4 heteroatoms. The van der Waals surface area contributed by atoms with Crippen LogP contribution in [-0.4, -0.2) is 37.7 Å². The van der Waals surface area contributed by atoms with Gasteiger partial charge in [0.2, 0.25) is 0 Å². The molecule has 3 rings (SSSR count). The van der Waals surface area contributed by atoms with Crippen LogP contribution in [0.1, 0.15) is 49.0 Å². The Morgan fingerprint density at radius 1 is 1.04 bits per heavy atom. The number of hydrogen-bond donors (Lipinski definition) is 0. The molecule has 0 bridgehead atoms. The van der Waals surface area contributed by atoms with Gasteiger partial charge in [0.1, 0.15) is 17.7 Å². The van der Waals surface area contributed by atoms with Gasteiger partial charge in [0.25, 0.3) is 0 Å². The van der Waals surface area contributed by atoms with Gasteiger partial charge in [0.15, 0.2) is 0 Å². The standard InChI is InChI=1S/C23H30FNO2/c1-17(2)20-14-18(3)15-22(16-20)27-23(19-4-6-21(24)7-5-19)8-9-25-10-12-26-13-11-25/h4-7,14-17,23H,8-13H2,1-3H3. The first kappa shape index (κ1) is 19.8. The minimum Gasteiger partial charge on any atom is -0.486 e. The first-order valence-corrected chi connectivity index (χ1v) is 9.85. The van der Waals surface area contributed by atoms with E-state index in [4.69, 9.17) is 9.47 Å². The summed E-state index contributed by atoms with van der Waals surface area (Å²) < 4.78 is 25.2. The third kappa shape index (κ3) is 5.78. The predicted molar refractivity (Wildman–Crippen MR) is 107 cm³/mol. The molecular weight excluding hydrogens is 341 g/mol. The van der Waals surface area contributed by atoms with Crippen LogP contribution in [0, 0.1) is 12.7 Å². The zero-order valence-corrected chi connectivity index (χ0v) is 16.6. The zero-order chi connectivity index (χ0) is 19.2. The van der Waals surface area contributed by atoms with Crippen LogP contribution >= 0.6 is 0 Å². The van der Waals surface area contributed by atoms with Crippen molar-refractivity contribution in [3.05, 3.63) is 65.0 Å². The number of rotatable bonds is 7. The van der Waals surface area contributed by atoms with Crippen molar-refractivity contribution in [2.75, 3.05) is 32.8 Å². The second kappa shape index (κ2) is 9.34. The van der Waals surface area contributed by atoms with E-state index >= 15 is 0 Å². The Morgan fingerprint density at radius 3 is 2.41 bits per heavy atom. The summed E-state index contributed by atoms with van der Waals surface area (Å²) in [5, 5.41) is 0. The van der Waals surface area contributed by atoms with E-state index in [0.717, 1.165) is 50.6 Å². The molecule has 0 spiro atoms. The van der Waals surface area contributed by atoms with Crippen molar-refractivity contribution in [3.63, 3.8) is 0 Å². The lowest BCUT2D eigenvalue weighted by Crippen LogP contribution is -2.37. The number of morpholine rings is 1. The lowest BCUT2D eigenvalue weighted by Gasteiger charge is -2.29. The van der Waals surface area contributed by atoms with Crippen molar-refractivity contribution in [3.8, 4) is 5.75 Å². The molecule has 0 N–H and O–H groups in total. The number of ether oxygens (including phenoxy) is 2. The molecule has 1 aliphatic heterocycles. The van der Waals surface area contributed by atoms with Gasteiger partial charge < -0.3 is 9.47 Å². The van der Waals surface area contributed by atoms with Gasteiger partial charge >= 0.3 is 0 Å². The maximum atomic E-state index is 13.4. The van der Waals surface area contributed by atoms with Crippen molar-refractivity contribution in [1.82, 2.24) is 4.90 Å². The normalized spacial score (nSPS) is 16.5. The summed E-state index contributed by atoms with van der Waals surface area (Å²) in [5.74, 6) is 1.11. The summed E-state index contributed by atoms with van der Waals surface area (Å²) in [4.78, 5) is 2.40. The van der Waals surface area contributed by atoms with E-state index in [1.165, 1.54) is 23.3 Å². The number of hydrogen-bond acceptors (Lipinski definition) is 3. The summed E-state index contributed by atoms with van der Waals surface area (Å²) >= 11 is 0. The largest absolute Gasteiger partial charge is 0.486 e. The van der Waals surface area contributed by atoms with Gasteiger partial charge in [-0.25, -0.2) is 4.39 Å². The molecule has 0 aromatic heterocycles. The molecule has 1 atom stereocenters. The first-order chi connectivity index (χ1) is 13.0. The molecule has 1 saturated heterocycles. The van der Waals surface area contributed by atoms with Crippen LogP contribution in [0.2, 0.25) is 0 Å². The van der Waals surface area contributed by atoms with Crippen LogP contribution in [0.3, 0.4) is 0 Å². The fraction of sp³-hybridized carbons (Fsp3) is 0.478. The Hall–Kier alpha value is -1.91. The SMILES string of the molecule is Cc1cc(OC(CCN2CCOCC2)c2ccc(F)cc2)cc(C(C)C)c1. The zero-order valence-electron chi connectivity index (χ0n) is 16.6. The van der Waals surface area contributed by atoms with Crippen molar-refractivity contribution < 1.29 is 13.9 Å². The van der Waals surface area contributed by atoms with Gasteiger partial charge in [0, 0.05) is 26.1 Å². The second-order valence-corrected chi connectivity index (χ2v) is 7.63. The third-order valence-corrected chi connectivity index (χ3v) is 5.07. The van der Waals surface area contributed by atoms with E-state index in [2.05, 4.69) is 43.9 Å². The molecule has 1 heterocycles. The topological polar surface area (TPSA) is 21.7 Å². The van der Waals surface area contributed by atoms with Gasteiger partial charge in [-0.3, -0.25) is 4.90 Å². The molecule has 1 fully saturated rings. The fourth-order valence-electron chi connectivity index (χ4n) is 3.44. The van der Waals surface area contributed by atoms with Crippen LogP contribution in [0.25, 0.3) is 0 Å². The average Bonchev–Trinajstić information content (AvgIpc) is 2.66. The van der Waals surface area contributed by atoms with E-state index < -0.39 is 0 Å². The molecule has 0 aliphatic carbocycles. The van der Waals surface area contributed by atoms with Crippen LogP contribution in [0.4, 0.5) is 4.39 Å². The Morgan fingerprint density at radius 2 is 1.74 bits per heavy atom. The monoisotopic (exact) mass is 371 g/mol. The maximum Gasteiger partial charge on any atom is 0.125 e. The first-order valence-electron chi connectivity index (χ1n) is 9.85. The highest BCUT2D eigenvalue weighted by atomic mass is 19.1. The Balaban J connectivity index is 1.77. The summed E-state index contributed by atoms with van der Waals surface area (Å²) in [6.07, 6.45) is 0.756. The van der Waals surface area contributed by atoms with Crippen molar-refractivity contribution in [2.24, 2.45) is 0 Å². The smallest absolute Gasteiger partial charge is 0.125 e. The van der Waals surface area contributed by atoms with E-state index in [-0.39, 0.29) is 11.9 Å². The highest BCUT2D eigenvalue weighted by molar-refractivity contribution is 5.36. The summed E-state index contributed by atoms with van der Waals surface area (Å²) in [5.41, 5.74) is 3.48. The van der Waals surface area contributed by atoms with Crippen molar-refractivity contribution in [1.29, 1.82) is 0 Å². The van der Waals surface area contributed by atoms with E-state index in [0.29, 0.717) is 5.92 Å². The highest BCUT2D eigenvalue weighted by Crippen LogP contribution is 2.29. The molecule has 1 unspecified atom stereocenters. The number of aryl methyl sites for hydroxylation is 1. The predicted octanol–water partition coefficient (Wildman–Crippen LogP) is 5.10. The van der Waals surface area contributed by atoms with Gasteiger partial charge in [-0.15, -0.1) is 0 Å². The summed E-state index contributed by atoms with van der Waals surface area (Å²) in [6.45, 7) is 10.9. The van der Waals surface area contributed by atoms with Crippen LogP contribution in [0.15, 0.2) is 42.5 Å². The number of halogens is 1. The summed E-state index contributed by atoms with van der Waals surface area (Å²) in [7, 11) is 0. The minimum atomic E-state index is -0.219. The molecule has 2 aromatic rings. The van der Waals surface area contributed by atoms with E-state index in [1.807, 2.05) is 12.1 Å². The minimum absolute atomic E-state index is 0.102. The lowest BCUT2D eigenvalue weighted by atomic mass is 10.0. The van der Waals surface area contributed by atoms with Crippen molar-refractivity contribution in [2.45, 2.75) is 39.2 Å². The van der Waals surface area contributed by atoms with Crippen molar-refractivity contribution >= 4 is 0 Å². The van der Waals surface area contributed by atoms with Crippen LogP contribution in [0.5, 0.6) is 5.75 Å². The number of nitrogens with zero attached hydrogens (tertiary/aromatic N) is 1. The molecule has 0 radical (unpaired) electrons. The van der Waals surface area contributed by atoms with Gasteiger partial charge in [0.05, 0.1) is 13.2 Å². The molecule has 1 aliphatic rings. The fourth-order valence-corrected chi connectivity index (χ4v) is 3.44. The molecule has 2 aromatic carbocycles.